The maximum atomic E-state index is 4.76. The molecule has 0 bridgehead atoms. The van der Waals surface area contributed by atoms with Crippen molar-refractivity contribution in [3.63, 3.8) is 0 Å². The maximum Gasteiger partial charge on any atom is 0.111 e. The Morgan fingerprint density at radius 1 is 0.488 bits per heavy atom. The van der Waals surface area contributed by atoms with Crippen LogP contribution in [0, 0.1) is 6.92 Å². The molecule has 41 heavy (non-hydrogen) atoms. The van der Waals surface area contributed by atoms with Crippen LogP contribution in [-0.2, 0) is 0 Å². The highest BCUT2D eigenvalue weighted by Gasteiger charge is 2.24. The number of imidazole rings is 1. The van der Waals surface area contributed by atoms with Gasteiger partial charge in [-0.25, -0.2) is 4.98 Å². The quantitative estimate of drug-likeness (QED) is 0.221. The minimum absolute atomic E-state index is 0.991. The molecule has 1 aliphatic rings. The van der Waals surface area contributed by atoms with Crippen molar-refractivity contribution in [3.8, 4) is 44.8 Å². The molecule has 2 aromatic heterocycles. The topological polar surface area (TPSA) is 22.8 Å². The summed E-state index contributed by atoms with van der Waals surface area (Å²) >= 11 is 0. The number of para-hydroxylation sites is 4. The number of aryl methyl sites for hydroxylation is 1. The van der Waals surface area contributed by atoms with Gasteiger partial charge in [0.1, 0.15) is 5.82 Å². The Bertz CT molecular complexity index is 2320. The molecule has 0 spiro atoms. The average Bonchev–Trinajstić information content (AvgIpc) is 3.51. The molecule has 0 radical (unpaired) electrons. The molecule has 0 amide bonds. The van der Waals surface area contributed by atoms with Gasteiger partial charge in [0, 0.05) is 27.6 Å². The lowest BCUT2D eigenvalue weighted by Gasteiger charge is -2.15. The van der Waals surface area contributed by atoms with E-state index < -0.39 is 0 Å². The van der Waals surface area contributed by atoms with Crippen LogP contribution in [0.15, 0.2) is 133 Å². The van der Waals surface area contributed by atoms with E-state index in [-0.39, 0.29) is 0 Å². The summed E-state index contributed by atoms with van der Waals surface area (Å²) in [5, 5.41) is 2.58. The molecule has 0 unspecified atom stereocenters. The van der Waals surface area contributed by atoms with Crippen LogP contribution >= 0.6 is 0 Å². The molecule has 6 aromatic carbocycles. The predicted molar refractivity (Wildman–Crippen MR) is 170 cm³/mol. The van der Waals surface area contributed by atoms with Gasteiger partial charge in [-0.15, -0.1) is 0 Å². The van der Waals surface area contributed by atoms with Gasteiger partial charge < -0.3 is 4.57 Å². The number of nitrogens with zero attached hydrogens (tertiary/aromatic N) is 3. The zero-order chi connectivity index (χ0) is 27.1. The summed E-state index contributed by atoms with van der Waals surface area (Å²) in [4.78, 5) is 4.76. The average molecular weight is 524 g/mol. The van der Waals surface area contributed by atoms with E-state index in [0.717, 1.165) is 22.5 Å². The van der Waals surface area contributed by atoms with Gasteiger partial charge in [-0.1, -0.05) is 91.0 Å². The maximum absolute atomic E-state index is 4.76. The molecule has 0 fully saturated rings. The SMILES string of the molecule is Cc1nc2ccccc2n1-c1ccc(-c2ccc3c(c2)-c2ccccc2-c2cccc4c5ccccc5n-3c24)cc1. The van der Waals surface area contributed by atoms with Crippen LogP contribution in [0.3, 0.4) is 0 Å². The fourth-order valence-electron chi connectivity index (χ4n) is 6.84. The Morgan fingerprint density at radius 2 is 1.15 bits per heavy atom. The van der Waals surface area contributed by atoms with Gasteiger partial charge in [0.2, 0.25) is 0 Å². The first kappa shape index (κ1) is 22.4. The highest BCUT2D eigenvalue weighted by Crippen LogP contribution is 2.47. The Morgan fingerprint density at radius 3 is 2.00 bits per heavy atom. The van der Waals surface area contributed by atoms with E-state index in [9.17, 15) is 0 Å². The van der Waals surface area contributed by atoms with E-state index in [1.807, 2.05) is 6.07 Å². The number of benzene rings is 6. The van der Waals surface area contributed by atoms with Crippen molar-refractivity contribution in [2.45, 2.75) is 6.92 Å². The molecule has 0 N–H and O–H groups in total. The van der Waals surface area contributed by atoms with Gasteiger partial charge in [-0.3, -0.25) is 4.57 Å². The van der Waals surface area contributed by atoms with Crippen molar-refractivity contribution in [1.82, 2.24) is 14.1 Å². The van der Waals surface area contributed by atoms with Crippen molar-refractivity contribution in [2.75, 3.05) is 0 Å². The second-order valence-electron chi connectivity index (χ2n) is 10.9. The first-order valence-electron chi connectivity index (χ1n) is 14.1. The summed E-state index contributed by atoms with van der Waals surface area (Å²) in [7, 11) is 0. The molecule has 3 heteroatoms. The third-order valence-electron chi connectivity index (χ3n) is 8.63. The lowest BCUT2D eigenvalue weighted by Crippen LogP contribution is -1.97. The molecule has 0 atom stereocenters. The molecular weight excluding hydrogens is 498 g/mol. The van der Waals surface area contributed by atoms with E-state index >= 15 is 0 Å². The minimum Gasteiger partial charge on any atom is -0.308 e. The van der Waals surface area contributed by atoms with E-state index in [0.29, 0.717) is 0 Å². The summed E-state index contributed by atoms with van der Waals surface area (Å²) in [5.74, 6) is 0.991. The number of hydrogen-bond donors (Lipinski definition) is 0. The molecule has 0 aliphatic carbocycles. The fourth-order valence-corrected chi connectivity index (χ4v) is 6.84. The molecule has 3 nitrogen and oxygen atoms in total. The summed E-state index contributed by atoms with van der Waals surface area (Å²) in [5.41, 5.74) is 14.5. The Hall–Kier alpha value is -5.41. The van der Waals surface area contributed by atoms with Gasteiger partial charge in [0.05, 0.1) is 27.8 Å². The van der Waals surface area contributed by atoms with Crippen LogP contribution in [-0.4, -0.2) is 14.1 Å². The molecular formula is C38H25N3. The molecule has 8 aromatic rings. The van der Waals surface area contributed by atoms with Crippen molar-refractivity contribution >= 4 is 32.8 Å². The highest BCUT2D eigenvalue weighted by atomic mass is 15.1. The van der Waals surface area contributed by atoms with Crippen molar-refractivity contribution < 1.29 is 0 Å². The lowest BCUT2D eigenvalue weighted by atomic mass is 9.92. The van der Waals surface area contributed by atoms with Crippen LogP contribution in [0.4, 0.5) is 0 Å². The van der Waals surface area contributed by atoms with Gasteiger partial charge in [0.25, 0.3) is 0 Å². The van der Waals surface area contributed by atoms with Crippen molar-refractivity contribution in [3.05, 3.63) is 139 Å². The Kier molecular flexibility index (Phi) is 4.53. The van der Waals surface area contributed by atoms with Crippen LogP contribution in [0.1, 0.15) is 5.82 Å². The van der Waals surface area contributed by atoms with E-state index in [1.54, 1.807) is 0 Å². The minimum atomic E-state index is 0.991. The third-order valence-corrected chi connectivity index (χ3v) is 8.63. The van der Waals surface area contributed by atoms with Crippen LogP contribution in [0.2, 0.25) is 0 Å². The van der Waals surface area contributed by atoms with Crippen LogP contribution < -0.4 is 0 Å². The van der Waals surface area contributed by atoms with Gasteiger partial charge in [-0.05, 0) is 71.6 Å². The zero-order valence-corrected chi connectivity index (χ0v) is 22.5. The predicted octanol–water partition coefficient (Wildman–Crippen LogP) is 9.75. The Balaban J connectivity index is 1.25. The Labute approximate surface area is 237 Å². The first-order valence-corrected chi connectivity index (χ1v) is 14.1. The monoisotopic (exact) mass is 523 g/mol. The fraction of sp³-hybridized carbons (Fsp3) is 0.0263. The summed E-state index contributed by atoms with van der Waals surface area (Å²) in [6.07, 6.45) is 0. The standard InChI is InChI=1S/C38H25N3/c1-24-39-34-14-5-7-16-37(34)40(24)27-20-17-25(18-21-27)26-19-22-36-33(23-26)29-10-3-2-9-28(29)31-12-8-13-32-30-11-4-6-15-35(30)41(36)38(31)32/h2-23H,1H3. The van der Waals surface area contributed by atoms with E-state index in [1.165, 1.54) is 60.9 Å². The highest BCUT2D eigenvalue weighted by molar-refractivity contribution is 6.16. The number of aromatic nitrogens is 3. The normalized spacial score (nSPS) is 12.0. The summed E-state index contributed by atoms with van der Waals surface area (Å²) in [6.45, 7) is 2.07. The molecule has 0 saturated carbocycles. The van der Waals surface area contributed by atoms with Crippen molar-refractivity contribution in [2.24, 2.45) is 0 Å². The summed E-state index contributed by atoms with van der Waals surface area (Å²) in [6, 6.07) is 48.4. The van der Waals surface area contributed by atoms with Gasteiger partial charge in [0.15, 0.2) is 0 Å². The molecule has 192 valence electrons. The zero-order valence-electron chi connectivity index (χ0n) is 22.5. The first-order chi connectivity index (χ1) is 20.3. The number of hydrogen-bond acceptors (Lipinski definition) is 1. The largest absolute Gasteiger partial charge is 0.308 e. The third kappa shape index (κ3) is 3.12. The van der Waals surface area contributed by atoms with Gasteiger partial charge in [-0.2, -0.15) is 0 Å². The van der Waals surface area contributed by atoms with E-state index in [4.69, 9.17) is 4.98 Å². The van der Waals surface area contributed by atoms with Crippen molar-refractivity contribution in [1.29, 1.82) is 0 Å². The molecule has 3 heterocycles. The summed E-state index contributed by atoms with van der Waals surface area (Å²) < 4.78 is 4.70. The number of fused-ring (bicyclic) bond motifs is 9. The number of rotatable bonds is 2. The van der Waals surface area contributed by atoms with E-state index in [2.05, 4.69) is 143 Å². The van der Waals surface area contributed by atoms with Crippen LogP contribution in [0.25, 0.3) is 77.6 Å². The second-order valence-corrected chi connectivity index (χ2v) is 10.9. The lowest BCUT2D eigenvalue weighted by molar-refractivity contribution is 1.00. The second kappa shape index (κ2) is 8.30. The van der Waals surface area contributed by atoms with Gasteiger partial charge >= 0.3 is 0 Å². The molecule has 1 aliphatic heterocycles. The smallest absolute Gasteiger partial charge is 0.111 e. The molecule has 0 saturated heterocycles. The molecule has 9 rings (SSSR count). The van der Waals surface area contributed by atoms with Crippen LogP contribution in [0.5, 0.6) is 0 Å².